The zero-order valence-corrected chi connectivity index (χ0v) is 56.8. The standard InChI is InChI=1S/C25H29N3O6.C20H21N3O4.C19H22N2O5.C6H9NO2.ClH/c1-7-19(14-22(29)32-6)28-23(30)18-9-8-10-20(13-18)33-21-12-17(11-16(2)27-21)15-26-24(31)34-25(3,4)5;1-4-16(11-19(24)26-3)23-20(25)15-6-5-7-17(10-15)27-18-9-14(12-21)8-13(2)22-18;1-12-8-13(11-20-18(24)26-19(2,3)4)9-16(21-12)25-15-7-5-6-14(10-15)17(22)23;1-3-5(7)4-6(8)9-2;/h1,8-13,19H,14-15H2,2-6H3,(H,26,31)(H,28,30);1,5-10,16H,11-12,21H2,2-3H3,(H,23,25);5-10H,11H2,1-4H3,(H,20,24)(H,22,23);1,5H,4,7H2,2H3;1H/t19-;16-;;5-;/m11.1./s1. The summed E-state index contributed by atoms with van der Waals surface area (Å²) in [5.74, 6) is 5.78. The van der Waals surface area contributed by atoms with Crippen molar-refractivity contribution in [2.75, 3.05) is 21.3 Å². The number of carboxylic acids is 1. The number of carbonyl (C=O) groups is 8. The van der Waals surface area contributed by atoms with Crippen LogP contribution >= 0.6 is 12.4 Å². The molecule has 0 bridgehead atoms. The minimum atomic E-state index is -1.03. The molecule has 3 aromatic carbocycles. The van der Waals surface area contributed by atoms with Crippen molar-refractivity contribution in [1.82, 2.24) is 36.2 Å². The zero-order valence-electron chi connectivity index (χ0n) is 56.0. The summed E-state index contributed by atoms with van der Waals surface area (Å²) in [7, 11) is 3.80. The minimum Gasteiger partial charge on any atom is -0.478 e. The third-order valence-corrected chi connectivity index (χ3v) is 11.9. The molecule has 6 rings (SSSR count). The van der Waals surface area contributed by atoms with Crippen LogP contribution in [0.25, 0.3) is 0 Å². The van der Waals surface area contributed by atoms with Gasteiger partial charge in [0.05, 0.1) is 52.2 Å². The van der Waals surface area contributed by atoms with Crippen LogP contribution in [0.4, 0.5) is 9.59 Å². The van der Waals surface area contributed by atoms with Crippen molar-refractivity contribution in [3.05, 3.63) is 160 Å². The van der Waals surface area contributed by atoms with E-state index in [1.54, 1.807) is 128 Å². The molecule has 0 aliphatic carbocycles. The van der Waals surface area contributed by atoms with Crippen LogP contribution in [0, 0.1) is 57.8 Å². The predicted molar refractivity (Wildman–Crippen MR) is 362 cm³/mol. The third kappa shape index (κ3) is 32.9. The average Bonchev–Trinajstić information content (AvgIpc) is 0.949. The molecule has 3 aromatic heterocycles. The van der Waals surface area contributed by atoms with Gasteiger partial charge in [-0.1, -0.05) is 36.0 Å². The van der Waals surface area contributed by atoms with E-state index in [2.05, 4.69) is 68.2 Å². The van der Waals surface area contributed by atoms with Gasteiger partial charge in [-0.3, -0.25) is 24.0 Å². The zero-order chi connectivity index (χ0) is 71.7. The van der Waals surface area contributed by atoms with Crippen LogP contribution in [-0.4, -0.2) is 119 Å². The molecule has 26 nitrogen and oxygen atoms in total. The molecule has 9 N–H and O–H groups in total. The molecular weight excluding hydrogens is 1270 g/mol. The highest BCUT2D eigenvalue weighted by atomic mass is 35.5. The summed E-state index contributed by atoms with van der Waals surface area (Å²) in [4.78, 5) is 106. The minimum absolute atomic E-state index is 0. The predicted octanol–water partition coefficient (Wildman–Crippen LogP) is 9.27. The van der Waals surface area contributed by atoms with Crippen LogP contribution < -0.4 is 46.9 Å². The average molecular weight is 1360 g/mol. The molecule has 0 saturated heterocycles. The number of hydrogen-bond acceptors (Lipinski definition) is 21. The second-order valence-corrected chi connectivity index (χ2v) is 22.5. The Labute approximate surface area is 570 Å². The van der Waals surface area contributed by atoms with Gasteiger partial charge in [-0.25, -0.2) is 29.3 Å². The van der Waals surface area contributed by atoms with Crippen LogP contribution in [-0.2, 0) is 57.7 Å². The number of methoxy groups -OCH3 is 3. The number of esters is 3. The van der Waals surface area contributed by atoms with Crippen LogP contribution in [0.3, 0.4) is 0 Å². The number of rotatable bonds is 22. The molecule has 0 spiro atoms. The maximum absolute atomic E-state index is 12.6. The van der Waals surface area contributed by atoms with Gasteiger partial charge in [-0.2, -0.15) is 0 Å². The van der Waals surface area contributed by atoms with Gasteiger partial charge < -0.3 is 75.7 Å². The fourth-order valence-electron chi connectivity index (χ4n) is 7.64. The first-order chi connectivity index (χ1) is 45.2. The summed E-state index contributed by atoms with van der Waals surface area (Å²) in [6, 6.07) is 27.7. The second kappa shape index (κ2) is 40.8. The van der Waals surface area contributed by atoms with Gasteiger partial charge >= 0.3 is 36.1 Å². The number of nitrogens with zero attached hydrogens (tertiary/aromatic N) is 3. The lowest BCUT2D eigenvalue weighted by atomic mass is 10.1. The van der Waals surface area contributed by atoms with E-state index in [4.69, 9.17) is 59.5 Å². The largest absolute Gasteiger partial charge is 0.478 e. The van der Waals surface area contributed by atoms with Gasteiger partial charge in [-0.15, -0.1) is 31.7 Å². The molecule has 3 atom stereocenters. The maximum Gasteiger partial charge on any atom is 0.407 e. The third-order valence-electron chi connectivity index (χ3n) is 11.9. The molecule has 516 valence electrons. The Morgan fingerprint density at radius 3 is 1.15 bits per heavy atom. The van der Waals surface area contributed by atoms with E-state index in [0.29, 0.717) is 63.9 Å². The van der Waals surface area contributed by atoms with Crippen LogP contribution in [0.5, 0.6) is 34.9 Å². The molecule has 4 amide bonds. The van der Waals surface area contributed by atoms with Gasteiger partial charge in [0.2, 0.25) is 17.6 Å². The summed E-state index contributed by atoms with van der Waals surface area (Å²) in [5.41, 5.74) is 15.1. The topological polar surface area (TPSA) is 369 Å². The molecule has 6 aromatic rings. The fourth-order valence-corrected chi connectivity index (χ4v) is 7.64. The number of carbonyl (C=O) groups excluding carboxylic acids is 7. The molecular formula is C70H82ClN9O17. The number of aromatic carboxylic acids is 1. The molecule has 0 aliphatic rings. The Hall–Kier alpha value is -11.2. The van der Waals surface area contributed by atoms with Gasteiger partial charge in [0.15, 0.2) is 0 Å². The Bertz CT molecular complexity index is 3810. The summed E-state index contributed by atoms with van der Waals surface area (Å²) in [6.07, 6.45) is 14.5. The lowest BCUT2D eigenvalue weighted by molar-refractivity contribution is -0.141. The first kappa shape index (κ1) is 81.9. The molecule has 97 heavy (non-hydrogen) atoms. The fraction of sp³-hybridized carbons (Fsp3) is 0.329. The van der Waals surface area contributed by atoms with Crippen molar-refractivity contribution >= 4 is 60.3 Å². The van der Waals surface area contributed by atoms with Gasteiger partial charge in [0.25, 0.3) is 11.8 Å². The molecule has 3 heterocycles. The van der Waals surface area contributed by atoms with Crippen molar-refractivity contribution in [2.24, 2.45) is 11.5 Å². The number of carboxylic acid groups (broad SMARTS) is 1. The Morgan fingerprint density at radius 1 is 0.505 bits per heavy atom. The number of aryl methyl sites for hydroxylation is 3. The van der Waals surface area contributed by atoms with Crippen molar-refractivity contribution in [3.8, 4) is 71.9 Å². The van der Waals surface area contributed by atoms with Crippen LogP contribution in [0.15, 0.2) is 109 Å². The number of halogens is 1. The van der Waals surface area contributed by atoms with Crippen molar-refractivity contribution in [2.45, 2.75) is 131 Å². The molecule has 0 radical (unpaired) electrons. The Balaban J connectivity index is 0.000000466. The van der Waals surface area contributed by atoms with E-state index >= 15 is 0 Å². The summed E-state index contributed by atoms with van der Waals surface area (Å²) < 4.78 is 41.1. The highest BCUT2D eigenvalue weighted by Crippen LogP contribution is 2.26. The Morgan fingerprint density at radius 2 is 0.835 bits per heavy atom. The lowest BCUT2D eigenvalue weighted by Crippen LogP contribution is -2.35. The number of nitrogens with one attached hydrogen (secondary N) is 4. The summed E-state index contributed by atoms with van der Waals surface area (Å²) in [6.45, 7) is 17.0. The number of amides is 4. The van der Waals surface area contributed by atoms with Crippen LogP contribution in [0.2, 0.25) is 0 Å². The highest BCUT2D eigenvalue weighted by molar-refractivity contribution is 5.96. The highest BCUT2D eigenvalue weighted by Gasteiger charge is 2.21. The van der Waals surface area contributed by atoms with E-state index in [0.717, 1.165) is 22.4 Å². The van der Waals surface area contributed by atoms with Crippen molar-refractivity contribution in [3.63, 3.8) is 0 Å². The van der Waals surface area contributed by atoms with Crippen molar-refractivity contribution < 1.29 is 81.4 Å². The first-order valence-electron chi connectivity index (χ1n) is 29.4. The van der Waals surface area contributed by atoms with Crippen LogP contribution in [0.1, 0.15) is 126 Å². The van der Waals surface area contributed by atoms with Gasteiger partial charge in [0.1, 0.15) is 40.5 Å². The van der Waals surface area contributed by atoms with E-state index < -0.39 is 71.2 Å². The SMILES string of the molecule is C#C[C@@H](N)CC(=O)OC.C#C[C@H](CC(=O)OC)NC(=O)c1cccc(Oc2cc(CN)cc(C)n2)c1.C#C[C@H](CC(=O)OC)NC(=O)c1cccc(Oc2cc(CNC(=O)OC(C)(C)C)cc(C)n2)c1.Cc1cc(CNC(=O)OC(C)(C)C)cc(Oc2cccc(C(=O)O)c2)n1.Cl. The first-order valence-corrected chi connectivity index (χ1v) is 29.4. The van der Waals surface area contributed by atoms with Crippen molar-refractivity contribution in [1.29, 1.82) is 0 Å². The molecule has 0 unspecified atom stereocenters. The van der Waals surface area contributed by atoms with Gasteiger partial charge in [0, 0.05) is 66.0 Å². The molecule has 27 heteroatoms. The van der Waals surface area contributed by atoms with E-state index in [1.165, 1.54) is 39.5 Å². The smallest absolute Gasteiger partial charge is 0.407 e. The number of alkyl carbamates (subject to hydrolysis) is 2. The number of terminal acetylenes is 3. The lowest BCUT2D eigenvalue weighted by Gasteiger charge is -2.19. The molecule has 0 aliphatic heterocycles. The normalized spacial score (nSPS) is 11.2. The van der Waals surface area contributed by atoms with E-state index in [9.17, 15) is 38.4 Å². The monoisotopic (exact) mass is 1360 g/mol. The maximum atomic E-state index is 12.6. The van der Waals surface area contributed by atoms with Gasteiger partial charge in [-0.05, 0) is 152 Å². The summed E-state index contributed by atoms with van der Waals surface area (Å²) >= 11 is 0. The molecule has 0 fully saturated rings. The number of pyridine rings is 3. The second-order valence-electron chi connectivity index (χ2n) is 22.5. The molecule has 0 saturated carbocycles. The Kier molecular flexibility index (Phi) is 34.4. The number of hydrogen-bond donors (Lipinski definition) is 7. The number of ether oxygens (including phenoxy) is 8. The number of nitrogens with two attached hydrogens (primary N) is 2. The summed E-state index contributed by atoms with van der Waals surface area (Å²) in [5, 5.41) is 19.6. The number of benzene rings is 3. The quantitative estimate of drug-likeness (QED) is 0.0189. The van der Waals surface area contributed by atoms with E-state index in [-0.39, 0.29) is 56.3 Å². The van der Waals surface area contributed by atoms with E-state index in [1.807, 2.05) is 25.1 Å². The number of aromatic nitrogens is 3.